The molecule has 0 N–H and O–H groups in total. The van der Waals surface area contributed by atoms with E-state index >= 15 is 0 Å². The molecule has 7 nitrogen and oxygen atoms in total. The first-order valence-electron chi connectivity index (χ1n) is 11.0. The topological polar surface area (TPSA) is 60.5 Å². The number of para-hydroxylation sites is 1. The highest BCUT2D eigenvalue weighted by Gasteiger charge is 2.41. The first-order valence-corrected chi connectivity index (χ1v) is 11.0. The Kier molecular flexibility index (Phi) is 6.46. The molecule has 7 heteroatoms. The maximum atomic E-state index is 12.3. The number of carbonyl (C=O) groups is 1. The smallest absolute Gasteiger partial charge is 0.219 e. The zero-order chi connectivity index (χ0) is 22.7. The van der Waals surface area contributed by atoms with Crippen LogP contribution in [-0.2, 0) is 17.9 Å². The third-order valence-electron chi connectivity index (χ3n) is 6.48. The second-order valence-corrected chi connectivity index (χ2v) is 8.58. The van der Waals surface area contributed by atoms with Crippen molar-refractivity contribution in [1.29, 1.82) is 0 Å². The molecule has 2 aliphatic rings. The van der Waals surface area contributed by atoms with E-state index in [0.29, 0.717) is 30.3 Å². The highest BCUT2D eigenvalue weighted by atomic mass is 16.5. The van der Waals surface area contributed by atoms with E-state index in [0.717, 1.165) is 49.4 Å². The van der Waals surface area contributed by atoms with Crippen molar-refractivity contribution in [2.75, 3.05) is 41.0 Å². The molecule has 2 aromatic rings. The van der Waals surface area contributed by atoms with E-state index in [1.165, 1.54) is 0 Å². The van der Waals surface area contributed by atoms with Gasteiger partial charge in [-0.05, 0) is 23.8 Å². The molecule has 172 valence electrons. The number of likely N-dealkylation sites (tertiary alicyclic amines) is 1. The lowest BCUT2D eigenvalue weighted by Crippen LogP contribution is -2.53. The molecular formula is C25H32N2O5. The number of rotatable bonds is 5. The van der Waals surface area contributed by atoms with Crippen LogP contribution in [0.1, 0.15) is 30.9 Å². The average molecular weight is 441 g/mol. The molecule has 0 atom stereocenters. The van der Waals surface area contributed by atoms with Crippen LogP contribution in [0.5, 0.6) is 23.0 Å². The van der Waals surface area contributed by atoms with Gasteiger partial charge in [0.25, 0.3) is 0 Å². The molecule has 1 saturated heterocycles. The summed E-state index contributed by atoms with van der Waals surface area (Å²) in [5.41, 5.74) is 1.82. The Labute approximate surface area is 189 Å². The fraction of sp³-hybridized carbons (Fsp3) is 0.480. The summed E-state index contributed by atoms with van der Waals surface area (Å²) >= 11 is 0. The van der Waals surface area contributed by atoms with Crippen molar-refractivity contribution < 1.29 is 23.7 Å². The number of fused-ring (bicyclic) bond motifs is 1. The normalized spacial score (nSPS) is 17.8. The summed E-state index contributed by atoms with van der Waals surface area (Å²) in [5.74, 6) is 2.91. The Bertz CT molecular complexity index is 944. The van der Waals surface area contributed by atoms with Crippen molar-refractivity contribution in [2.24, 2.45) is 0 Å². The number of ether oxygens (including phenoxy) is 4. The molecule has 0 radical (unpaired) electrons. The summed E-state index contributed by atoms with van der Waals surface area (Å²) in [6.45, 7) is 5.40. The molecule has 32 heavy (non-hydrogen) atoms. The van der Waals surface area contributed by atoms with Gasteiger partial charge in [-0.3, -0.25) is 9.69 Å². The quantitative estimate of drug-likeness (QED) is 0.709. The van der Waals surface area contributed by atoms with E-state index in [-0.39, 0.29) is 11.5 Å². The molecule has 1 amide bonds. The summed E-state index contributed by atoms with van der Waals surface area (Å²) in [5, 5.41) is 0. The van der Waals surface area contributed by atoms with Crippen LogP contribution >= 0.6 is 0 Å². The second-order valence-electron chi connectivity index (χ2n) is 8.58. The van der Waals surface area contributed by atoms with E-state index in [1.807, 2.05) is 41.3 Å². The minimum atomic E-state index is -0.357. The largest absolute Gasteiger partial charge is 0.493 e. The van der Waals surface area contributed by atoms with Crippen LogP contribution in [0.3, 0.4) is 0 Å². The van der Waals surface area contributed by atoms with Crippen LogP contribution in [0, 0.1) is 0 Å². The lowest BCUT2D eigenvalue weighted by atomic mass is 9.90. The van der Waals surface area contributed by atoms with Crippen molar-refractivity contribution in [3.05, 3.63) is 47.5 Å². The molecule has 4 rings (SSSR count). The number of nitrogens with zero attached hydrogens (tertiary/aromatic N) is 2. The number of hydrogen-bond donors (Lipinski definition) is 0. The van der Waals surface area contributed by atoms with Gasteiger partial charge in [-0.15, -0.1) is 0 Å². The van der Waals surface area contributed by atoms with Gasteiger partial charge in [-0.2, -0.15) is 0 Å². The number of methoxy groups -OCH3 is 3. The summed E-state index contributed by atoms with van der Waals surface area (Å²) in [6, 6.07) is 12.1. The Balaban J connectivity index is 1.49. The number of amides is 1. The van der Waals surface area contributed by atoms with Crippen molar-refractivity contribution in [3.8, 4) is 23.0 Å². The average Bonchev–Trinajstić information content (AvgIpc) is 2.96. The molecule has 2 aromatic carbocycles. The van der Waals surface area contributed by atoms with Gasteiger partial charge in [0.2, 0.25) is 11.7 Å². The zero-order valence-corrected chi connectivity index (χ0v) is 19.3. The van der Waals surface area contributed by atoms with Gasteiger partial charge in [0.05, 0.1) is 27.9 Å². The molecule has 0 saturated carbocycles. The van der Waals surface area contributed by atoms with Crippen molar-refractivity contribution in [3.63, 3.8) is 0 Å². The van der Waals surface area contributed by atoms with Crippen molar-refractivity contribution in [1.82, 2.24) is 9.80 Å². The molecule has 1 spiro atoms. The van der Waals surface area contributed by atoms with Gasteiger partial charge in [0.1, 0.15) is 11.4 Å². The minimum absolute atomic E-state index is 0.0875. The van der Waals surface area contributed by atoms with Gasteiger partial charge in [0, 0.05) is 51.5 Å². The van der Waals surface area contributed by atoms with Crippen LogP contribution in [-0.4, -0.2) is 62.3 Å². The fourth-order valence-electron chi connectivity index (χ4n) is 4.70. The molecule has 0 bridgehead atoms. The van der Waals surface area contributed by atoms with E-state index < -0.39 is 0 Å². The standard InChI is InChI=1S/C25H32N2O5/c1-18(28)27-16-20-7-5-6-8-21(20)32-25(17-27)9-11-26(12-10-25)15-19-13-22(29-2)24(31-4)23(14-19)30-3/h5-8,13-14H,9-12,15-17H2,1-4H3. The third-order valence-corrected chi connectivity index (χ3v) is 6.48. The van der Waals surface area contributed by atoms with Crippen LogP contribution in [0.25, 0.3) is 0 Å². The summed E-state index contributed by atoms with van der Waals surface area (Å²) in [4.78, 5) is 16.6. The van der Waals surface area contributed by atoms with Gasteiger partial charge in [0.15, 0.2) is 11.5 Å². The maximum absolute atomic E-state index is 12.3. The minimum Gasteiger partial charge on any atom is -0.493 e. The highest BCUT2D eigenvalue weighted by molar-refractivity contribution is 5.73. The third kappa shape index (κ3) is 4.48. The van der Waals surface area contributed by atoms with Crippen LogP contribution < -0.4 is 18.9 Å². The molecule has 0 unspecified atom stereocenters. The lowest BCUT2D eigenvalue weighted by molar-refractivity contribution is -0.132. The Morgan fingerprint density at radius 3 is 2.28 bits per heavy atom. The van der Waals surface area contributed by atoms with E-state index in [2.05, 4.69) is 4.90 Å². The lowest BCUT2D eigenvalue weighted by Gasteiger charge is -2.42. The van der Waals surface area contributed by atoms with Crippen molar-refractivity contribution >= 4 is 5.91 Å². The SMILES string of the molecule is COc1cc(CN2CCC3(CC2)CN(C(C)=O)Cc2ccccc2O3)cc(OC)c1OC. The van der Waals surface area contributed by atoms with Crippen molar-refractivity contribution in [2.45, 2.75) is 38.5 Å². The molecule has 0 aliphatic carbocycles. The van der Waals surface area contributed by atoms with Crippen LogP contribution in [0.2, 0.25) is 0 Å². The molecule has 0 aromatic heterocycles. The maximum Gasteiger partial charge on any atom is 0.219 e. The highest BCUT2D eigenvalue weighted by Crippen LogP contribution is 2.39. The van der Waals surface area contributed by atoms with E-state index in [4.69, 9.17) is 18.9 Å². The van der Waals surface area contributed by atoms with Crippen LogP contribution in [0.15, 0.2) is 36.4 Å². The van der Waals surface area contributed by atoms with Gasteiger partial charge in [-0.25, -0.2) is 0 Å². The number of piperidine rings is 1. The first kappa shape index (κ1) is 22.3. The van der Waals surface area contributed by atoms with Gasteiger partial charge >= 0.3 is 0 Å². The number of carbonyl (C=O) groups excluding carboxylic acids is 1. The molecule has 2 aliphatic heterocycles. The zero-order valence-electron chi connectivity index (χ0n) is 19.3. The Morgan fingerprint density at radius 2 is 1.69 bits per heavy atom. The first-order chi connectivity index (χ1) is 15.5. The molecule has 2 heterocycles. The summed E-state index contributed by atoms with van der Waals surface area (Å²) in [7, 11) is 4.88. The molecular weight excluding hydrogens is 408 g/mol. The summed E-state index contributed by atoms with van der Waals surface area (Å²) < 4.78 is 23.0. The summed E-state index contributed by atoms with van der Waals surface area (Å²) in [6.07, 6.45) is 1.71. The Hall–Kier alpha value is -2.93. The van der Waals surface area contributed by atoms with Crippen LogP contribution in [0.4, 0.5) is 0 Å². The predicted octanol–water partition coefficient (Wildman–Crippen LogP) is 3.49. The second kappa shape index (κ2) is 9.28. The van der Waals surface area contributed by atoms with Gasteiger partial charge < -0.3 is 23.8 Å². The van der Waals surface area contributed by atoms with E-state index in [9.17, 15) is 4.79 Å². The number of hydrogen-bond acceptors (Lipinski definition) is 6. The molecule has 1 fully saturated rings. The van der Waals surface area contributed by atoms with Gasteiger partial charge in [-0.1, -0.05) is 18.2 Å². The monoisotopic (exact) mass is 440 g/mol. The van der Waals surface area contributed by atoms with E-state index in [1.54, 1.807) is 28.3 Å². The number of benzene rings is 2. The predicted molar refractivity (Wildman–Crippen MR) is 122 cm³/mol. The Morgan fingerprint density at radius 1 is 1.03 bits per heavy atom. The fourth-order valence-corrected chi connectivity index (χ4v) is 4.70.